The van der Waals surface area contributed by atoms with Crippen molar-refractivity contribution in [3.8, 4) is 0 Å². The van der Waals surface area contributed by atoms with E-state index in [9.17, 15) is 4.79 Å². The minimum atomic E-state index is -0.268. The van der Waals surface area contributed by atoms with Crippen LogP contribution in [0.1, 0.15) is 10.4 Å². The molecule has 23 heavy (non-hydrogen) atoms. The fourth-order valence-corrected chi connectivity index (χ4v) is 3.22. The van der Waals surface area contributed by atoms with E-state index >= 15 is 0 Å². The zero-order valence-corrected chi connectivity index (χ0v) is 15.6. The Labute approximate surface area is 152 Å². The molecule has 1 amide bonds. The van der Waals surface area contributed by atoms with Crippen molar-refractivity contribution in [3.05, 3.63) is 45.2 Å². The predicted octanol–water partition coefficient (Wildman–Crippen LogP) is 3.73. The van der Waals surface area contributed by atoms with E-state index in [1.165, 1.54) is 18.0 Å². The molecule has 0 fully saturated rings. The Balaban J connectivity index is 1.87. The van der Waals surface area contributed by atoms with Crippen molar-refractivity contribution in [2.75, 3.05) is 5.32 Å². The molecule has 0 aliphatic carbocycles. The van der Waals surface area contributed by atoms with Crippen LogP contribution in [0.2, 0.25) is 0 Å². The number of nitrogens with zero attached hydrogens (tertiary/aromatic N) is 4. The minimum absolute atomic E-state index is 0.268. The first kappa shape index (κ1) is 16.2. The molecule has 1 aromatic carbocycles. The van der Waals surface area contributed by atoms with E-state index in [1.54, 1.807) is 17.8 Å². The summed E-state index contributed by atoms with van der Waals surface area (Å²) >= 11 is 7.94. The summed E-state index contributed by atoms with van der Waals surface area (Å²) in [6.07, 6.45) is 1.39. The third kappa shape index (κ3) is 3.82. The van der Waals surface area contributed by atoms with Gasteiger partial charge in [0.15, 0.2) is 4.67 Å². The summed E-state index contributed by atoms with van der Waals surface area (Å²) in [5.41, 5.74) is 1.07. The van der Waals surface area contributed by atoms with Gasteiger partial charge in [-0.2, -0.15) is 0 Å². The van der Waals surface area contributed by atoms with Gasteiger partial charge in [-0.3, -0.25) is 4.79 Å². The van der Waals surface area contributed by atoms with Gasteiger partial charge in [-0.1, -0.05) is 15.9 Å². The van der Waals surface area contributed by atoms with Gasteiger partial charge in [0.1, 0.15) is 6.26 Å². The number of anilines is 1. The van der Waals surface area contributed by atoms with Crippen molar-refractivity contribution in [3.63, 3.8) is 0 Å². The molecular formula is C13H9Br2N5O2S. The average molecular weight is 459 g/mol. The van der Waals surface area contributed by atoms with Gasteiger partial charge >= 0.3 is 0 Å². The highest BCUT2D eigenvalue weighted by Gasteiger charge is 2.14. The van der Waals surface area contributed by atoms with Crippen molar-refractivity contribution < 1.29 is 9.21 Å². The normalized spacial score (nSPS) is 10.7. The van der Waals surface area contributed by atoms with E-state index in [0.29, 0.717) is 21.1 Å². The number of rotatable bonds is 4. The van der Waals surface area contributed by atoms with Crippen molar-refractivity contribution in [2.45, 2.75) is 10.1 Å². The molecule has 3 rings (SSSR count). The summed E-state index contributed by atoms with van der Waals surface area (Å²) in [6, 6.07) is 7.19. The lowest BCUT2D eigenvalue weighted by molar-refractivity contribution is 0.102. The quantitative estimate of drug-likeness (QED) is 0.640. The Bertz CT molecular complexity index is 864. The fourth-order valence-electron chi connectivity index (χ4n) is 1.72. The Hall–Kier alpha value is -1.65. The van der Waals surface area contributed by atoms with Crippen molar-refractivity contribution >= 4 is 55.2 Å². The van der Waals surface area contributed by atoms with E-state index in [2.05, 4.69) is 52.7 Å². The van der Waals surface area contributed by atoms with Crippen LogP contribution < -0.4 is 5.32 Å². The number of carbonyl (C=O) groups is 1. The highest BCUT2D eigenvalue weighted by molar-refractivity contribution is 9.10. The number of carbonyl (C=O) groups excluding carboxylic acids is 1. The Kier molecular flexibility index (Phi) is 4.83. The van der Waals surface area contributed by atoms with Gasteiger partial charge in [0.2, 0.25) is 5.16 Å². The Morgan fingerprint density at radius 3 is 2.83 bits per heavy atom. The summed E-state index contributed by atoms with van der Waals surface area (Å²) in [5.74, 6) is -0.268. The van der Waals surface area contributed by atoms with Crippen LogP contribution in [0.15, 0.2) is 54.1 Å². The third-order valence-electron chi connectivity index (χ3n) is 2.80. The average Bonchev–Trinajstić information content (AvgIpc) is 3.11. The first-order valence-corrected chi connectivity index (χ1v) is 8.68. The van der Waals surface area contributed by atoms with Crippen LogP contribution in [0.5, 0.6) is 0 Å². The van der Waals surface area contributed by atoms with Crippen LogP contribution >= 0.6 is 43.6 Å². The van der Waals surface area contributed by atoms with Crippen LogP contribution in [0.4, 0.5) is 5.69 Å². The molecule has 2 aromatic heterocycles. The molecule has 3 aromatic rings. The minimum Gasteiger partial charge on any atom is -0.457 e. The molecule has 0 saturated heterocycles. The predicted molar refractivity (Wildman–Crippen MR) is 91.4 cm³/mol. The standard InChI is InChI=1S/C13H9Br2N5O2S/c1-20-13(17-18-19-20)23-10-3-2-8(14)5-9(10)16-12(21)7-4-11(15)22-6-7/h2-6H,1H3,(H,16,21). The van der Waals surface area contributed by atoms with Gasteiger partial charge in [-0.05, 0) is 56.3 Å². The molecule has 1 N–H and O–H groups in total. The Morgan fingerprint density at radius 2 is 2.17 bits per heavy atom. The van der Waals surface area contributed by atoms with Crippen LogP contribution in [0.3, 0.4) is 0 Å². The number of hydrogen-bond acceptors (Lipinski definition) is 6. The molecular weight excluding hydrogens is 450 g/mol. The molecule has 0 aliphatic rings. The molecule has 0 radical (unpaired) electrons. The second-order valence-electron chi connectivity index (χ2n) is 4.42. The lowest BCUT2D eigenvalue weighted by Gasteiger charge is -2.10. The molecule has 10 heteroatoms. The van der Waals surface area contributed by atoms with Gasteiger partial charge in [-0.15, -0.1) is 5.10 Å². The summed E-state index contributed by atoms with van der Waals surface area (Å²) in [7, 11) is 1.75. The van der Waals surface area contributed by atoms with E-state index in [4.69, 9.17) is 4.42 Å². The maximum Gasteiger partial charge on any atom is 0.258 e. The molecule has 2 heterocycles. The number of nitrogens with one attached hydrogen (secondary N) is 1. The first-order valence-electron chi connectivity index (χ1n) is 6.28. The van der Waals surface area contributed by atoms with Gasteiger partial charge in [0.05, 0.1) is 11.3 Å². The van der Waals surface area contributed by atoms with Crippen molar-refractivity contribution in [1.82, 2.24) is 20.2 Å². The third-order valence-corrected chi connectivity index (χ3v) is 4.82. The van der Waals surface area contributed by atoms with Crippen LogP contribution in [-0.4, -0.2) is 26.1 Å². The summed E-state index contributed by atoms with van der Waals surface area (Å²) in [5, 5.41) is 14.8. The van der Waals surface area contributed by atoms with Gasteiger partial charge in [0, 0.05) is 22.5 Å². The number of furan rings is 1. The summed E-state index contributed by atoms with van der Waals surface area (Å²) in [4.78, 5) is 13.1. The van der Waals surface area contributed by atoms with E-state index in [1.807, 2.05) is 18.2 Å². The van der Waals surface area contributed by atoms with E-state index < -0.39 is 0 Å². The zero-order chi connectivity index (χ0) is 16.4. The molecule has 0 atom stereocenters. The number of aromatic nitrogens is 4. The largest absolute Gasteiger partial charge is 0.457 e. The van der Waals surface area contributed by atoms with Crippen LogP contribution in [0, 0.1) is 0 Å². The number of halogens is 2. The molecule has 0 unspecified atom stereocenters. The smallest absolute Gasteiger partial charge is 0.258 e. The van der Waals surface area contributed by atoms with Crippen molar-refractivity contribution in [1.29, 1.82) is 0 Å². The summed E-state index contributed by atoms with van der Waals surface area (Å²) in [6.45, 7) is 0. The SMILES string of the molecule is Cn1nnnc1Sc1ccc(Br)cc1NC(=O)c1coc(Br)c1. The first-order chi connectivity index (χ1) is 11.0. The highest BCUT2D eigenvalue weighted by atomic mass is 79.9. The van der Waals surface area contributed by atoms with Gasteiger partial charge < -0.3 is 9.73 Å². The van der Waals surface area contributed by atoms with Crippen LogP contribution in [-0.2, 0) is 7.05 Å². The van der Waals surface area contributed by atoms with E-state index in [0.717, 1.165) is 9.37 Å². The Morgan fingerprint density at radius 1 is 1.35 bits per heavy atom. The topological polar surface area (TPSA) is 85.8 Å². The van der Waals surface area contributed by atoms with Crippen molar-refractivity contribution in [2.24, 2.45) is 7.05 Å². The maximum atomic E-state index is 12.3. The monoisotopic (exact) mass is 457 g/mol. The molecule has 7 nitrogen and oxygen atoms in total. The van der Waals surface area contributed by atoms with Gasteiger partial charge in [-0.25, -0.2) is 4.68 Å². The molecule has 0 saturated carbocycles. The number of tetrazole rings is 1. The molecule has 118 valence electrons. The zero-order valence-electron chi connectivity index (χ0n) is 11.7. The van der Waals surface area contributed by atoms with E-state index in [-0.39, 0.29) is 5.91 Å². The maximum absolute atomic E-state index is 12.3. The fraction of sp³-hybridized carbons (Fsp3) is 0.0769. The lowest BCUT2D eigenvalue weighted by atomic mass is 10.3. The molecule has 0 bridgehead atoms. The number of hydrogen-bond donors (Lipinski definition) is 1. The number of amides is 1. The number of benzene rings is 1. The number of aryl methyl sites for hydroxylation is 1. The molecule has 0 spiro atoms. The second kappa shape index (κ2) is 6.85. The van der Waals surface area contributed by atoms with Gasteiger partial charge in [0.25, 0.3) is 5.91 Å². The molecule has 0 aliphatic heterocycles. The lowest BCUT2D eigenvalue weighted by Crippen LogP contribution is -2.11. The summed E-state index contributed by atoms with van der Waals surface area (Å²) < 4.78 is 8.00. The van der Waals surface area contributed by atoms with Crippen LogP contribution in [0.25, 0.3) is 0 Å². The highest BCUT2D eigenvalue weighted by Crippen LogP contribution is 2.34. The second-order valence-corrected chi connectivity index (χ2v) is 7.13.